The van der Waals surface area contributed by atoms with Gasteiger partial charge >= 0.3 is 6.16 Å². The summed E-state index contributed by atoms with van der Waals surface area (Å²) in [5, 5.41) is 0. The zero-order valence-electron chi connectivity index (χ0n) is 6.24. The van der Waals surface area contributed by atoms with E-state index in [-0.39, 0.29) is 8.98 Å². The van der Waals surface area contributed by atoms with Gasteiger partial charge in [0, 0.05) is 0 Å². The van der Waals surface area contributed by atoms with Crippen LogP contribution >= 0.6 is 46.4 Å². The Balaban J connectivity index is 0. The molecule has 0 saturated heterocycles. The van der Waals surface area contributed by atoms with Crippen molar-refractivity contribution in [3.8, 4) is 0 Å². The molecule has 0 aromatic rings. The molecule has 0 amide bonds. The smallest absolute Gasteiger partial charge is 0.438 e. The molecule has 0 aliphatic rings. The van der Waals surface area contributed by atoms with Crippen molar-refractivity contribution in [2.75, 3.05) is 14.2 Å². The number of methoxy groups -OCH3 is 2. The summed E-state index contributed by atoms with van der Waals surface area (Å²) in [6.45, 7) is 0. The molecule has 3 nitrogen and oxygen atoms in total. The minimum absolute atomic E-state index is 0.0988. The van der Waals surface area contributed by atoms with E-state index in [0.29, 0.717) is 0 Å². The summed E-state index contributed by atoms with van der Waals surface area (Å²) < 4.78 is 7.88. The summed E-state index contributed by atoms with van der Waals surface area (Å²) in [6.07, 6.45) is -0.657. The fourth-order valence-electron chi connectivity index (χ4n) is 0.0833. The average Bonchev–Trinajstić information content (AvgIpc) is 2.04. The average molecular weight is 256 g/mol. The second-order valence-corrected chi connectivity index (χ2v) is 3.08. The van der Waals surface area contributed by atoms with Crippen LogP contribution in [0.15, 0.2) is 8.98 Å². The molecule has 0 fully saturated rings. The molecule has 0 saturated carbocycles. The summed E-state index contributed by atoms with van der Waals surface area (Å²) in [5.74, 6) is 0. The highest BCUT2D eigenvalue weighted by Crippen LogP contribution is 2.20. The molecule has 0 unspecified atom stereocenters. The van der Waals surface area contributed by atoms with Crippen LogP contribution < -0.4 is 0 Å². The van der Waals surface area contributed by atoms with Gasteiger partial charge in [-0.25, -0.2) is 4.79 Å². The number of halogens is 4. The molecule has 0 N–H and O–H groups in total. The summed E-state index contributed by atoms with van der Waals surface area (Å²) in [7, 11) is 2.51. The van der Waals surface area contributed by atoms with Gasteiger partial charge in [-0.3, -0.25) is 0 Å². The third kappa shape index (κ3) is 12.8. The molecule has 0 bridgehead atoms. The summed E-state index contributed by atoms with van der Waals surface area (Å²) in [4.78, 5) is 9.74. The van der Waals surface area contributed by atoms with E-state index in [1.165, 1.54) is 14.2 Å². The number of carbonyl (C=O) groups excluding carboxylic acids is 1. The SMILES string of the molecule is COC(=O)OC.ClC(Cl)=C(Cl)Cl. The lowest BCUT2D eigenvalue weighted by Gasteiger charge is -1.89. The number of hydrogen-bond acceptors (Lipinski definition) is 3. The molecule has 0 radical (unpaired) electrons. The first-order valence-electron chi connectivity index (χ1n) is 2.43. The van der Waals surface area contributed by atoms with Gasteiger partial charge in [-0.2, -0.15) is 0 Å². The van der Waals surface area contributed by atoms with Gasteiger partial charge in [0.15, 0.2) is 0 Å². The standard InChI is InChI=1S/C3H6O3.C2Cl4/c1-5-3(4)6-2;3-1(4)2(5)6/h1-2H3;. The van der Waals surface area contributed by atoms with Crippen molar-refractivity contribution < 1.29 is 14.3 Å². The lowest BCUT2D eigenvalue weighted by Crippen LogP contribution is -1.97. The lowest BCUT2D eigenvalue weighted by molar-refractivity contribution is 0.0924. The van der Waals surface area contributed by atoms with E-state index >= 15 is 0 Å². The van der Waals surface area contributed by atoms with Crippen LogP contribution in [-0.2, 0) is 9.47 Å². The highest BCUT2D eigenvalue weighted by Gasteiger charge is 1.89. The van der Waals surface area contributed by atoms with Gasteiger partial charge in [0.05, 0.1) is 14.2 Å². The Morgan fingerprint density at radius 2 is 1.17 bits per heavy atom. The van der Waals surface area contributed by atoms with Gasteiger partial charge in [0.1, 0.15) is 8.98 Å². The zero-order chi connectivity index (χ0) is 10.1. The monoisotopic (exact) mass is 254 g/mol. The minimum atomic E-state index is -0.657. The van der Waals surface area contributed by atoms with Crippen molar-refractivity contribution in [1.29, 1.82) is 0 Å². The van der Waals surface area contributed by atoms with Crippen molar-refractivity contribution in [1.82, 2.24) is 0 Å². The van der Waals surface area contributed by atoms with E-state index in [9.17, 15) is 4.79 Å². The number of ether oxygens (including phenoxy) is 2. The number of rotatable bonds is 0. The lowest BCUT2D eigenvalue weighted by atomic mass is 11.2. The maximum atomic E-state index is 9.74. The third-order valence-electron chi connectivity index (χ3n) is 0.476. The van der Waals surface area contributed by atoms with Gasteiger partial charge in [-0.05, 0) is 0 Å². The first-order valence-corrected chi connectivity index (χ1v) is 3.95. The maximum absolute atomic E-state index is 9.74. The summed E-state index contributed by atoms with van der Waals surface area (Å²) in [6, 6.07) is 0. The topological polar surface area (TPSA) is 35.5 Å². The van der Waals surface area contributed by atoms with Gasteiger partial charge in [0.25, 0.3) is 0 Å². The maximum Gasteiger partial charge on any atom is 0.507 e. The van der Waals surface area contributed by atoms with Crippen LogP contribution in [0, 0.1) is 0 Å². The van der Waals surface area contributed by atoms with Crippen molar-refractivity contribution in [3.05, 3.63) is 8.98 Å². The van der Waals surface area contributed by atoms with Crippen LogP contribution in [0.3, 0.4) is 0 Å². The molecular weight excluding hydrogens is 250 g/mol. The van der Waals surface area contributed by atoms with Gasteiger partial charge in [0.2, 0.25) is 0 Å². The molecule has 0 aromatic heterocycles. The third-order valence-corrected chi connectivity index (χ3v) is 1.62. The van der Waals surface area contributed by atoms with Crippen LogP contribution in [0.2, 0.25) is 0 Å². The Labute approximate surface area is 90.1 Å². The Hall–Kier alpha value is 0.170. The summed E-state index contributed by atoms with van der Waals surface area (Å²) in [5.41, 5.74) is 0. The van der Waals surface area contributed by atoms with Crippen molar-refractivity contribution in [2.24, 2.45) is 0 Å². The van der Waals surface area contributed by atoms with Crippen molar-refractivity contribution in [2.45, 2.75) is 0 Å². The Morgan fingerprint density at radius 1 is 0.917 bits per heavy atom. The van der Waals surface area contributed by atoms with Gasteiger partial charge in [-0.1, -0.05) is 46.4 Å². The molecule has 12 heavy (non-hydrogen) atoms. The van der Waals surface area contributed by atoms with E-state index in [0.717, 1.165) is 0 Å². The van der Waals surface area contributed by atoms with Crippen LogP contribution in [0.4, 0.5) is 4.79 Å². The van der Waals surface area contributed by atoms with E-state index < -0.39 is 6.16 Å². The highest BCUT2D eigenvalue weighted by molar-refractivity contribution is 6.67. The van der Waals surface area contributed by atoms with E-state index in [1.54, 1.807) is 0 Å². The van der Waals surface area contributed by atoms with Crippen LogP contribution in [-0.4, -0.2) is 20.4 Å². The molecule has 0 rings (SSSR count). The molecular formula is C5H6Cl4O3. The molecule has 72 valence electrons. The van der Waals surface area contributed by atoms with Crippen molar-refractivity contribution >= 4 is 52.6 Å². The Kier molecular flexibility index (Phi) is 11.3. The second-order valence-electron chi connectivity index (χ2n) is 1.18. The first-order chi connectivity index (χ1) is 5.45. The molecule has 0 aliphatic heterocycles. The van der Waals surface area contributed by atoms with Crippen LogP contribution in [0.1, 0.15) is 0 Å². The number of carbonyl (C=O) groups is 1. The fraction of sp³-hybridized carbons (Fsp3) is 0.400. The molecule has 0 atom stereocenters. The Morgan fingerprint density at radius 3 is 1.17 bits per heavy atom. The van der Waals surface area contributed by atoms with Gasteiger partial charge < -0.3 is 9.47 Å². The first kappa shape index (κ1) is 14.7. The normalized spacial score (nSPS) is 7.50. The fourth-order valence-corrected chi connectivity index (χ4v) is 0.0833. The number of hydrogen-bond donors (Lipinski definition) is 0. The van der Waals surface area contributed by atoms with E-state index in [4.69, 9.17) is 46.4 Å². The molecule has 0 aromatic carbocycles. The molecule has 0 spiro atoms. The largest absolute Gasteiger partial charge is 0.507 e. The predicted octanol–water partition coefficient (Wildman–Crippen LogP) is 3.47. The predicted molar refractivity (Wildman–Crippen MR) is 49.9 cm³/mol. The zero-order valence-corrected chi connectivity index (χ0v) is 9.26. The Bertz CT molecular complexity index is 144. The molecule has 0 aliphatic carbocycles. The quantitative estimate of drug-likeness (QED) is 0.622. The minimum Gasteiger partial charge on any atom is -0.438 e. The second kappa shape index (κ2) is 9.26. The molecule has 0 heterocycles. The van der Waals surface area contributed by atoms with Crippen molar-refractivity contribution in [3.63, 3.8) is 0 Å². The summed E-state index contributed by atoms with van der Waals surface area (Å²) >= 11 is 20.0. The molecule has 7 heteroatoms. The van der Waals surface area contributed by atoms with E-state index in [2.05, 4.69) is 9.47 Å². The van der Waals surface area contributed by atoms with Crippen LogP contribution in [0.25, 0.3) is 0 Å². The highest BCUT2D eigenvalue weighted by atomic mass is 35.5. The van der Waals surface area contributed by atoms with Crippen LogP contribution in [0.5, 0.6) is 0 Å². The van der Waals surface area contributed by atoms with E-state index in [1.807, 2.05) is 0 Å². The van der Waals surface area contributed by atoms with Gasteiger partial charge in [-0.15, -0.1) is 0 Å².